The number of carbonyl (C=O) groups excluding carboxylic acids is 1. The summed E-state index contributed by atoms with van der Waals surface area (Å²) in [5.41, 5.74) is 7.60. The highest BCUT2D eigenvalue weighted by Crippen LogP contribution is 2.04. The predicted octanol–water partition coefficient (Wildman–Crippen LogP) is 0.223. The predicted molar refractivity (Wildman–Crippen MR) is 65.0 cm³/mol. The highest BCUT2D eigenvalue weighted by molar-refractivity contribution is 5.64. The van der Waals surface area contributed by atoms with E-state index in [0.29, 0.717) is 13.1 Å². The van der Waals surface area contributed by atoms with Crippen LogP contribution in [0.2, 0.25) is 0 Å². The number of primary amides is 1. The summed E-state index contributed by atoms with van der Waals surface area (Å²) in [6.07, 6.45) is 2.95. The van der Waals surface area contributed by atoms with Gasteiger partial charge in [-0.2, -0.15) is 5.10 Å². The van der Waals surface area contributed by atoms with Crippen molar-refractivity contribution >= 4 is 11.7 Å². The van der Waals surface area contributed by atoms with Gasteiger partial charge in [-0.05, 0) is 6.92 Å². The van der Waals surface area contributed by atoms with Gasteiger partial charge in [-0.3, -0.25) is 0 Å². The Hall–Kier alpha value is -2.15. The molecule has 7 heteroatoms. The zero-order valence-electron chi connectivity index (χ0n) is 10.1. The molecule has 18 heavy (non-hydrogen) atoms. The Morgan fingerprint density at radius 1 is 1.61 bits per heavy atom. The van der Waals surface area contributed by atoms with E-state index < -0.39 is 6.09 Å². The Morgan fingerprint density at radius 2 is 2.44 bits per heavy atom. The van der Waals surface area contributed by atoms with Crippen molar-refractivity contribution in [3.63, 3.8) is 0 Å². The number of amides is 1. The van der Waals surface area contributed by atoms with Crippen molar-refractivity contribution in [3.05, 3.63) is 29.7 Å². The SMILES string of the molecule is Cc1cc2ncc(CNCCOC(N)=O)cn2n1. The van der Waals surface area contributed by atoms with Crippen LogP contribution < -0.4 is 11.1 Å². The average molecular weight is 249 g/mol. The number of hydrogen-bond donors (Lipinski definition) is 2. The van der Waals surface area contributed by atoms with Gasteiger partial charge < -0.3 is 15.8 Å². The van der Waals surface area contributed by atoms with E-state index in [0.717, 1.165) is 16.9 Å². The van der Waals surface area contributed by atoms with E-state index in [1.807, 2.05) is 19.2 Å². The molecule has 96 valence electrons. The van der Waals surface area contributed by atoms with E-state index >= 15 is 0 Å². The van der Waals surface area contributed by atoms with Crippen LogP contribution in [-0.2, 0) is 11.3 Å². The Labute approximate surface area is 104 Å². The fraction of sp³-hybridized carbons (Fsp3) is 0.364. The first-order valence-corrected chi connectivity index (χ1v) is 5.59. The van der Waals surface area contributed by atoms with E-state index in [2.05, 4.69) is 20.1 Å². The fourth-order valence-corrected chi connectivity index (χ4v) is 1.58. The van der Waals surface area contributed by atoms with Gasteiger partial charge >= 0.3 is 6.09 Å². The van der Waals surface area contributed by atoms with Crippen molar-refractivity contribution in [2.75, 3.05) is 13.2 Å². The van der Waals surface area contributed by atoms with E-state index in [4.69, 9.17) is 5.73 Å². The Morgan fingerprint density at radius 3 is 3.22 bits per heavy atom. The highest BCUT2D eigenvalue weighted by atomic mass is 16.5. The molecule has 0 saturated heterocycles. The normalized spacial score (nSPS) is 10.7. The molecule has 0 fully saturated rings. The first-order chi connectivity index (χ1) is 8.65. The van der Waals surface area contributed by atoms with Gasteiger partial charge in [0.2, 0.25) is 0 Å². The highest BCUT2D eigenvalue weighted by Gasteiger charge is 2.00. The molecule has 7 nitrogen and oxygen atoms in total. The Bertz CT molecular complexity index is 551. The van der Waals surface area contributed by atoms with Crippen LogP contribution >= 0.6 is 0 Å². The molecule has 0 unspecified atom stereocenters. The average Bonchev–Trinajstić information content (AvgIpc) is 2.67. The quantitative estimate of drug-likeness (QED) is 0.739. The number of nitrogens with one attached hydrogen (secondary N) is 1. The summed E-state index contributed by atoms with van der Waals surface area (Å²) in [4.78, 5) is 14.6. The summed E-state index contributed by atoms with van der Waals surface area (Å²) in [6.45, 7) is 3.35. The third kappa shape index (κ3) is 3.17. The number of rotatable bonds is 5. The van der Waals surface area contributed by atoms with Crippen molar-refractivity contribution in [1.82, 2.24) is 19.9 Å². The second-order valence-corrected chi connectivity index (χ2v) is 3.89. The molecule has 0 aromatic carbocycles. The molecule has 0 bridgehead atoms. The number of hydrogen-bond acceptors (Lipinski definition) is 5. The maximum Gasteiger partial charge on any atom is 0.404 e. The topological polar surface area (TPSA) is 94.5 Å². The number of aromatic nitrogens is 3. The summed E-state index contributed by atoms with van der Waals surface area (Å²) in [5.74, 6) is 0. The molecule has 0 atom stereocenters. The second kappa shape index (κ2) is 5.46. The maximum atomic E-state index is 10.3. The van der Waals surface area contributed by atoms with Crippen LogP contribution in [0.3, 0.4) is 0 Å². The van der Waals surface area contributed by atoms with Gasteiger partial charge in [-0.25, -0.2) is 14.3 Å². The first-order valence-electron chi connectivity index (χ1n) is 5.59. The van der Waals surface area contributed by atoms with Gasteiger partial charge in [0.1, 0.15) is 6.61 Å². The molecule has 0 aliphatic heterocycles. The summed E-state index contributed by atoms with van der Waals surface area (Å²) in [6, 6.07) is 1.91. The van der Waals surface area contributed by atoms with Gasteiger partial charge in [0, 0.05) is 37.1 Å². The van der Waals surface area contributed by atoms with Gasteiger partial charge in [0.15, 0.2) is 5.65 Å². The lowest BCUT2D eigenvalue weighted by molar-refractivity contribution is 0.157. The van der Waals surface area contributed by atoms with Crippen LogP contribution in [-0.4, -0.2) is 33.8 Å². The molecule has 0 radical (unpaired) electrons. The smallest absolute Gasteiger partial charge is 0.404 e. The molecule has 2 heterocycles. The lowest BCUT2D eigenvalue weighted by atomic mass is 10.3. The fourth-order valence-electron chi connectivity index (χ4n) is 1.58. The van der Waals surface area contributed by atoms with Gasteiger partial charge in [0.25, 0.3) is 0 Å². The summed E-state index contributed by atoms with van der Waals surface area (Å²) in [5, 5.41) is 7.40. The van der Waals surface area contributed by atoms with Crippen molar-refractivity contribution in [1.29, 1.82) is 0 Å². The van der Waals surface area contributed by atoms with Crippen LogP contribution in [0.1, 0.15) is 11.3 Å². The second-order valence-electron chi connectivity index (χ2n) is 3.89. The van der Waals surface area contributed by atoms with E-state index in [-0.39, 0.29) is 6.61 Å². The molecule has 0 saturated carbocycles. The third-order valence-electron chi connectivity index (χ3n) is 2.34. The van der Waals surface area contributed by atoms with Gasteiger partial charge in [0.05, 0.1) is 5.69 Å². The van der Waals surface area contributed by atoms with E-state index in [1.165, 1.54) is 0 Å². The van der Waals surface area contributed by atoms with Crippen molar-refractivity contribution in [3.8, 4) is 0 Å². The van der Waals surface area contributed by atoms with Crippen LogP contribution in [0.5, 0.6) is 0 Å². The molecule has 0 aliphatic rings. The van der Waals surface area contributed by atoms with Gasteiger partial charge in [-0.1, -0.05) is 0 Å². The van der Waals surface area contributed by atoms with Gasteiger partial charge in [-0.15, -0.1) is 0 Å². The number of fused-ring (bicyclic) bond motifs is 1. The number of nitrogens with two attached hydrogens (primary N) is 1. The summed E-state index contributed by atoms with van der Waals surface area (Å²) >= 11 is 0. The summed E-state index contributed by atoms with van der Waals surface area (Å²) in [7, 11) is 0. The van der Waals surface area contributed by atoms with Crippen molar-refractivity contribution in [2.24, 2.45) is 5.73 Å². The minimum absolute atomic E-state index is 0.256. The lowest BCUT2D eigenvalue weighted by Crippen LogP contribution is -2.23. The molecular formula is C11H15N5O2. The minimum atomic E-state index is -0.757. The van der Waals surface area contributed by atoms with Crippen molar-refractivity contribution in [2.45, 2.75) is 13.5 Å². The Kier molecular flexibility index (Phi) is 3.73. The van der Waals surface area contributed by atoms with Crippen LogP contribution in [0, 0.1) is 6.92 Å². The molecule has 0 spiro atoms. The minimum Gasteiger partial charge on any atom is -0.448 e. The zero-order chi connectivity index (χ0) is 13.0. The van der Waals surface area contributed by atoms with Crippen LogP contribution in [0.25, 0.3) is 5.65 Å². The molecule has 1 amide bonds. The standard InChI is InChI=1S/C11H15N5O2/c1-8-4-10-14-6-9(7-16(10)15-8)5-13-2-3-18-11(12)17/h4,6-7,13H,2-3,5H2,1H3,(H2,12,17). The molecule has 2 aromatic rings. The summed E-state index contributed by atoms with van der Waals surface area (Å²) < 4.78 is 6.34. The number of ether oxygens (including phenoxy) is 1. The zero-order valence-corrected chi connectivity index (χ0v) is 10.1. The largest absolute Gasteiger partial charge is 0.448 e. The van der Waals surface area contributed by atoms with Crippen LogP contribution in [0.4, 0.5) is 4.79 Å². The monoisotopic (exact) mass is 249 g/mol. The molecule has 2 rings (SSSR count). The van der Waals surface area contributed by atoms with Crippen LogP contribution in [0.15, 0.2) is 18.5 Å². The number of nitrogens with zero attached hydrogens (tertiary/aromatic N) is 3. The number of carbonyl (C=O) groups is 1. The van der Waals surface area contributed by atoms with E-state index in [9.17, 15) is 4.79 Å². The molecule has 2 aromatic heterocycles. The first kappa shape index (κ1) is 12.3. The van der Waals surface area contributed by atoms with Crippen molar-refractivity contribution < 1.29 is 9.53 Å². The lowest BCUT2D eigenvalue weighted by Gasteiger charge is -2.05. The third-order valence-corrected chi connectivity index (χ3v) is 2.34. The Balaban J connectivity index is 1.86. The maximum absolute atomic E-state index is 10.3. The number of aryl methyl sites for hydroxylation is 1. The molecule has 3 N–H and O–H groups in total. The molecular weight excluding hydrogens is 234 g/mol. The molecule has 0 aliphatic carbocycles. The van der Waals surface area contributed by atoms with E-state index in [1.54, 1.807) is 10.7 Å².